The van der Waals surface area contributed by atoms with Crippen molar-refractivity contribution >= 4 is 32.2 Å². The number of benzene rings is 2. The molecule has 0 radical (unpaired) electrons. The maximum absolute atomic E-state index is 12.8. The molecule has 6 heteroatoms. The van der Waals surface area contributed by atoms with E-state index in [2.05, 4.69) is 5.32 Å². The zero-order chi connectivity index (χ0) is 18.0. The number of carbonyl (C=O) groups excluding carboxylic acids is 1. The fraction of sp³-hybridized carbons (Fsp3) is 0.421. The summed E-state index contributed by atoms with van der Waals surface area (Å²) in [6, 6.07) is 13.5. The van der Waals surface area contributed by atoms with Gasteiger partial charge in [0.15, 0.2) is 9.84 Å². The van der Waals surface area contributed by atoms with Crippen LogP contribution in [0.15, 0.2) is 42.5 Å². The van der Waals surface area contributed by atoms with Gasteiger partial charge in [-0.3, -0.25) is 4.79 Å². The lowest BCUT2D eigenvalue weighted by atomic mass is 10.1. The van der Waals surface area contributed by atoms with Crippen molar-refractivity contribution in [1.82, 2.24) is 4.90 Å². The summed E-state index contributed by atoms with van der Waals surface area (Å²) < 4.78 is 23.4. The Morgan fingerprint density at radius 2 is 1.96 bits per heavy atom. The molecule has 1 fully saturated rings. The molecule has 2 unspecified atom stereocenters. The topological polar surface area (TPSA) is 66.5 Å². The van der Waals surface area contributed by atoms with E-state index in [4.69, 9.17) is 0 Å². The van der Waals surface area contributed by atoms with E-state index in [1.165, 1.54) is 0 Å². The summed E-state index contributed by atoms with van der Waals surface area (Å²) in [5.41, 5.74) is 0.884. The number of hydrogen-bond acceptors (Lipinski definition) is 4. The van der Waals surface area contributed by atoms with Crippen LogP contribution in [0.25, 0.3) is 10.8 Å². The number of fused-ring (bicyclic) bond motifs is 1. The molecule has 1 saturated heterocycles. The van der Waals surface area contributed by atoms with Gasteiger partial charge in [0.05, 0.1) is 11.5 Å². The number of hydrogen-bond donors (Lipinski definition) is 1. The highest BCUT2D eigenvalue weighted by atomic mass is 32.2. The van der Waals surface area contributed by atoms with E-state index in [1.807, 2.05) is 56.3 Å². The second kappa shape index (κ2) is 7.04. The van der Waals surface area contributed by atoms with Gasteiger partial charge in [-0.25, -0.2) is 8.42 Å². The lowest BCUT2D eigenvalue weighted by Crippen LogP contribution is -2.47. The zero-order valence-electron chi connectivity index (χ0n) is 14.6. The van der Waals surface area contributed by atoms with Gasteiger partial charge in [0.2, 0.25) is 5.91 Å². The first kappa shape index (κ1) is 17.7. The summed E-state index contributed by atoms with van der Waals surface area (Å²) in [6.45, 7) is 4.23. The first-order valence-electron chi connectivity index (χ1n) is 8.66. The van der Waals surface area contributed by atoms with Gasteiger partial charge in [0, 0.05) is 18.3 Å². The molecular weight excluding hydrogens is 336 g/mol. The molecule has 0 spiro atoms. The van der Waals surface area contributed by atoms with E-state index >= 15 is 0 Å². The maximum atomic E-state index is 12.8. The molecule has 134 valence electrons. The van der Waals surface area contributed by atoms with Crippen LogP contribution in [0, 0.1) is 0 Å². The molecule has 0 bridgehead atoms. The number of amides is 1. The maximum Gasteiger partial charge on any atom is 0.245 e. The van der Waals surface area contributed by atoms with E-state index in [9.17, 15) is 13.2 Å². The van der Waals surface area contributed by atoms with Gasteiger partial charge in [0.25, 0.3) is 0 Å². The molecule has 1 heterocycles. The van der Waals surface area contributed by atoms with Gasteiger partial charge in [0.1, 0.15) is 6.04 Å². The minimum absolute atomic E-state index is 0.0576. The standard InChI is InChI=1S/C19H24N2O3S/c1-3-21(18-10-11-25(23,24)13-18)19(22)14(2)20-17-9-8-15-6-4-5-7-16(15)12-17/h4-9,12,14,18,20H,3,10-11,13H2,1-2H3. The fourth-order valence-electron chi connectivity index (χ4n) is 3.45. The molecule has 5 nitrogen and oxygen atoms in total. The van der Waals surface area contributed by atoms with Gasteiger partial charge in [-0.1, -0.05) is 30.3 Å². The Morgan fingerprint density at radius 3 is 2.60 bits per heavy atom. The number of sulfone groups is 1. The number of likely N-dealkylation sites (N-methyl/N-ethyl adjacent to an activating group) is 1. The second-order valence-electron chi connectivity index (χ2n) is 6.61. The number of rotatable bonds is 5. The zero-order valence-corrected chi connectivity index (χ0v) is 15.4. The summed E-state index contributed by atoms with van der Waals surface area (Å²) in [4.78, 5) is 14.5. The first-order valence-corrected chi connectivity index (χ1v) is 10.5. The van der Waals surface area contributed by atoms with Crippen LogP contribution in [0.3, 0.4) is 0 Å². The average Bonchev–Trinajstić information content (AvgIpc) is 2.95. The molecular formula is C19H24N2O3S. The first-order chi connectivity index (χ1) is 11.9. The minimum Gasteiger partial charge on any atom is -0.374 e. The number of nitrogens with zero attached hydrogens (tertiary/aromatic N) is 1. The Kier molecular flexibility index (Phi) is 4.99. The van der Waals surface area contributed by atoms with Gasteiger partial charge >= 0.3 is 0 Å². The smallest absolute Gasteiger partial charge is 0.245 e. The Bertz CT molecular complexity index is 879. The van der Waals surface area contributed by atoms with Crippen molar-refractivity contribution in [3.63, 3.8) is 0 Å². The van der Waals surface area contributed by atoms with Crippen LogP contribution in [0.4, 0.5) is 5.69 Å². The number of carbonyl (C=O) groups is 1. The Labute approximate surface area is 148 Å². The molecule has 1 aliphatic heterocycles. The molecule has 0 saturated carbocycles. The molecule has 25 heavy (non-hydrogen) atoms. The van der Waals surface area contributed by atoms with Crippen LogP contribution in [0.2, 0.25) is 0 Å². The monoisotopic (exact) mass is 360 g/mol. The van der Waals surface area contributed by atoms with Crippen molar-refractivity contribution in [2.75, 3.05) is 23.4 Å². The Balaban J connectivity index is 1.72. The predicted octanol–water partition coefficient (Wildman–Crippen LogP) is 2.68. The third-order valence-electron chi connectivity index (χ3n) is 4.78. The SMILES string of the molecule is CCN(C(=O)C(C)Nc1ccc2ccccc2c1)C1CCS(=O)(=O)C1. The highest BCUT2D eigenvalue weighted by Crippen LogP contribution is 2.21. The molecule has 3 rings (SSSR count). The molecule has 0 aliphatic carbocycles. The molecule has 1 aliphatic rings. The van der Waals surface area contributed by atoms with E-state index in [1.54, 1.807) is 4.90 Å². The Hall–Kier alpha value is -2.08. The normalized spacial score (nSPS) is 20.3. The number of anilines is 1. The summed E-state index contributed by atoms with van der Waals surface area (Å²) >= 11 is 0. The van der Waals surface area contributed by atoms with Gasteiger partial charge in [-0.2, -0.15) is 0 Å². The van der Waals surface area contributed by atoms with Crippen LogP contribution in [-0.2, 0) is 14.6 Å². The van der Waals surface area contributed by atoms with E-state index in [0.717, 1.165) is 16.5 Å². The van der Waals surface area contributed by atoms with Crippen LogP contribution < -0.4 is 5.32 Å². The molecule has 2 atom stereocenters. The quantitative estimate of drug-likeness (QED) is 0.890. The fourth-order valence-corrected chi connectivity index (χ4v) is 5.19. The molecule has 2 aromatic rings. The lowest BCUT2D eigenvalue weighted by Gasteiger charge is -2.30. The van der Waals surface area contributed by atoms with Crippen LogP contribution in [0.5, 0.6) is 0 Å². The van der Waals surface area contributed by atoms with E-state index < -0.39 is 15.9 Å². The highest BCUT2D eigenvalue weighted by Gasteiger charge is 2.35. The summed E-state index contributed by atoms with van der Waals surface area (Å²) in [5.74, 6) is 0.196. The van der Waals surface area contributed by atoms with Crippen molar-refractivity contribution in [3.8, 4) is 0 Å². The number of nitrogens with one attached hydrogen (secondary N) is 1. The highest BCUT2D eigenvalue weighted by molar-refractivity contribution is 7.91. The molecule has 2 aromatic carbocycles. The minimum atomic E-state index is -3.01. The third-order valence-corrected chi connectivity index (χ3v) is 6.53. The third kappa shape index (κ3) is 3.95. The molecule has 0 aromatic heterocycles. The van der Waals surface area contributed by atoms with Crippen molar-refractivity contribution in [3.05, 3.63) is 42.5 Å². The second-order valence-corrected chi connectivity index (χ2v) is 8.84. The Morgan fingerprint density at radius 1 is 1.24 bits per heavy atom. The van der Waals surface area contributed by atoms with Crippen molar-refractivity contribution in [1.29, 1.82) is 0 Å². The van der Waals surface area contributed by atoms with Gasteiger partial charge < -0.3 is 10.2 Å². The van der Waals surface area contributed by atoms with Crippen LogP contribution >= 0.6 is 0 Å². The lowest BCUT2D eigenvalue weighted by molar-refractivity contribution is -0.133. The van der Waals surface area contributed by atoms with Crippen molar-refractivity contribution in [2.24, 2.45) is 0 Å². The largest absolute Gasteiger partial charge is 0.374 e. The summed E-state index contributed by atoms with van der Waals surface area (Å²) in [5, 5.41) is 5.52. The van der Waals surface area contributed by atoms with Crippen LogP contribution in [0.1, 0.15) is 20.3 Å². The van der Waals surface area contributed by atoms with Gasteiger partial charge in [-0.15, -0.1) is 0 Å². The predicted molar refractivity (Wildman–Crippen MR) is 101 cm³/mol. The van der Waals surface area contributed by atoms with Gasteiger partial charge in [-0.05, 0) is 43.2 Å². The van der Waals surface area contributed by atoms with E-state index in [-0.39, 0.29) is 23.5 Å². The summed E-state index contributed by atoms with van der Waals surface area (Å²) in [6.07, 6.45) is 0.532. The molecule has 1 amide bonds. The van der Waals surface area contributed by atoms with Crippen molar-refractivity contribution < 1.29 is 13.2 Å². The van der Waals surface area contributed by atoms with Crippen LogP contribution in [-0.4, -0.2) is 49.4 Å². The van der Waals surface area contributed by atoms with E-state index in [0.29, 0.717) is 13.0 Å². The summed E-state index contributed by atoms with van der Waals surface area (Å²) in [7, 11) is -3.01. The average molecular weight is 360 g/mol. The van der Waals surface area contributed by atoms with Crippen molar-refractivity contribution in [2.45, 2.75) is 32.4 Å². The molecule has 1 N–H and O–H groups in total.